The first kappa shape index (κ1) is 22.5. The second kappa shape index (κ2) is 6.93. The zero-order valence-corrected chi connectivity index (χ0v) is 17.7. The van der Waals surface area contributed by atoms with Crippen molar-refractivity contribution in [1.82, 2.24) is 9.55 Å². The van der Waals surface area contributed by atoms with Crippen molar-refractivity contribution in [3.63, 3.8) is 0 Å². The van der Waals surface area contributed by atoms with Gasteiger partial charge in [-0.25, -0.2) is 9.37 Å². The number of hydrogen-bond donors (Lipinski definition) is 2. The van der Waals surface area contributed by atoms with E-state index >= 15 is 4.39 Å². The van der Waals surface area contributed by atoms with Gasteiger partial charge in [0, 0.05) is 17.5 Å². The number of benzene rings is 1. The smallest absolute Gasteiger partial charge is 0.386 e. The van der Waals surface area contributed by atoms with Crippen LogP contribution in [0.25, 0.3) is 11.0 Å². The molecular formula is C21H27F4N3O2. The van der Waals surface area contributed by atoms with Crippen molar-refractivity contribution in [3.05, 3.63) is 23.5 Å². The van der Waals surface area contributed by atoms with Crippen molar-refractivity contribution in [2.45, 2.75) is 77.6 Å². The largest absolute Gasteiger partial charge is 0.394 e. The SMILES string of the molecule is CC(C)(O)c1ccc2nc(NC(=O)CC(C)(C)C(F)(F)F)n(C3(C)CCC3)c2c1F. The van der Waals surface area contributed by atoms with E-state index in [-0.39, 0.29) is 22.5 Å². The maximum Gasteiger partial charge on any atom is 0.394 e. The third kappa shape index (κ3) is 3.79. The van der Waals surface area contributed by atoms with Crippen LogP contribution < -0.4 is 5.32 Å². The minimum atomic E-state index is -4.54. The van der Waals surface area contributed by atoms with Gasteiger partial charge >= 0.3 is 6.18 Å². The summed E-state index contributed by atoms with van der Waals surface area (Å²) < 4.78 is 56.5. The van der Waals surface area contributed by atoms with E-state index in [2.05, 4.69) is 10.3 Å². The average Bonchev–Trinajstić information content (AvgIpc) is 2.89. The van der Waals surface area contributed by atoms with Gasteiger partial charge in [-0.15, -0.1) is 0 Å². The summed E-state index contributed by atoms with van der Waals surface area (Å²) in [6, 6.07) is 2.97. The van der Waals surface area contributed by atoms with Crippen LogP contribution in [0.1, 0.15) is 65.9 Å². The maximum absolute atomic E-state index is 15.4. The fraction of sp³-hybridized carbons (Fsp3) is 0.619. The van der Waals surface area contributed by atoms with Crippen LogP contribution in [0, 0.1) is 11.2 Å². The fourth-order valence-electron chi connectivity index (χ4n) is 3.79. The van der Waals surface area contributed by atoms with Gasteiger partial charge in [0.05, 0.1) is 16.5 Å². The number of alkyl halides is 3. The molecule has 0 radical (unpaired) electrons. The highest BCUT2D eigenvalue weighted by molar-refractivity contribution is 5.92. The van der Waals surface area contributed by atoms with Crippen LogP contribution in [0.2, 0.25) is 0 Å². The predicted octanol–water partition coefficient (Wildman–Crippen LogP) is 5.22. The Morgan fingerprint density at radius 3 is 2.30 bits per heavy atom. The second-order valence-corrected chi connectivity index (χ2v) is 9.58. The Morgan fingerprint density at radius 2 is 1.83 bits per heavy atom. The number of halogens is 4. The Morgan fingerprint density at radius 1 is 1.23 bits per heavy atom. The van der Waals surface area contributed by atoms with E-state index in [0.717, 1.165) is 20.3 Å². The lowest BCUT2D eigenvalue weighted by Gasteiger charge is -2.41. The third-order valence-corrected chi connectivity index (χ3v) is 6.01. The molecule has 0 aliphatic heterocycles. The molecule has 166 valence electrons. The summed E-state index contributed by atoms with van der Waals surface area (Å²) in [4.78, 5) is 16.8. The van der Waals surface area contributed by atoms with Gasteiger partial charge in [-0.3, -0.25) is 10.1 Å². The molecule has 30 heavy (non-hydrogen) atoms. The number of hydrogen-bond acceptors (Lipinski definition) is 3. The monoisotopic (exact) mass is 429 g/mol. The first-order valence-corrected chi connectivity index (χ1v) is 9.88. The van der Waals surface area contributed by atoms with Crippen molar-refractivity contribution in [3.8, 4) is 0 Å². The lowest BCUT2D eigenvalue weighted by molar-refractivity contribution is -0.213. The molecule has 1 amide bonds. The van der Waals surface area contributed by atoms with Gasteiger partial charge in [0.25, 0.3) is 0 Å². The van der Waals surface area contributed by atoms with Gasteiger partial charge in [-0.2, -0.15) is 13.2 Å². The first-order valence-electron chi connectivity index (χ1n) is 9.88. The fourth-order valence-corrected chi connectivity index (χ4v) is 3.79. The number of rotatable bonds is 5. The Balaban J connectivity index is 2.08. The van der Waals surface area contributed by atoms with E-state index in [1.165, 1.54) is 19.9 Å². The minimum Gasteiger partial charge on any atom is -0.386 e. The number of amides is 1. The summed E-state index contributed by atoms with van der Waals surface area (Å²) in [5.74, 6) is -1.49. The van der Waals surface area contributed by atoms with Crippen LogP contribution >= 0.6 is 0 Å². The van der Waals surface area contributed by atoms with E-state index in [9.17, 15) is 23.1 Å². The maximum atomic E-state index is 15.4. The number of fused-ring (bicyclic) bond motifs is 1. The van der Waals surface area contributed by atoms with Crippen molar-refractivity contribution >= 4 is 22.9 Å². The van der Waals surface area contributed by atoms with Crippen LogP contribution in [0.3, 0.4) is 0 Å². The first-order chi connectivity index (χ1) is 13.6. The highest BCUT2D eigenvalue weighted by Crippen LogP contribution is 2.45. The number of nitrogens with one attached hydrogen (secondary N) is 1. The van der Waals surface area contributed by atoms with Crippen LogP contribution in [-0.4, -0.2) is 26.7 Å². The van der Waals surface area contributed by atoms with Crippen LogP contribution in [0.4, 0.5) is 23.5 Å². The molecule has 2 N–H and O–H groups in total. The molecule has 5 nitrogen and oxygen atoms in total. The topological polar surface area (TPSA) is 67.2 Å². The molecule has 0 saturated heterocycles. The molecule has 1 aliphatic rings. The van der Waals surface area contributed by atoms with E-state index in [1.54, 1.807) is 10.6 Å². The van der Waals surface area contributed by atoms with Gasteiger partial charge in [0.1, 0.15) is 5.52 Å². The average molecular weight is 429 g/mol. The van der Waals surface area contributed by atoms with Crippen LogP contribution in [0.15, 0.2) is 12.1 Å². The zero-order valence-electron chi connectivity index (χ0n) is 17.7. The molecule has 9 heteroatoms. The van der Waals surface area contributed by atoms with Crippen molar-refractivity contribution in [2.24, 2.45) is 5.41 Å². The van der Waals surface area contributed by atoms with E-state index < -0.39 is 40.9 Å². The quantitative estimate of drug-likeness (QED) is 0.641. The number of nitrogens with zero attached hydrogens (tertiary/aromatic N) is 2. The number of carbonyl (C=O) groups is 1. The Labute approximate surface area is 172 Å². The normalized spacial score (nSPS) is 17.1. The highest BCUT2D eigenvalue weighted by Gasteiger charge is 2.48. The van der Waals surface area contributed by atoms with Crippen molar-refractivity contribution in [2.75, 3.05) is 5.32 Å². The van der Waals surface area contributed by atoms with Crippen molar-refractivity contribution in [1.29, 1.82) is 0 Å². The number of aliphatic hydroxyl groups is 1. The van der Waals surface area contributed by atoms with Crippen LogP contribution in [0.5, 0.6) is 0 Å². The molecular weight excluding hydrogens is 402 g/mol. The molecule has 3 rings (SSSR count). The Hall–Kier alpha value is -2.16. The van der Waals surface area contributed by atoms with E-state index in [0.29, 0.717) is 12.8 Å². The summed E-state index contributed by atoms with van der Waals surface area (Å²) in [7, 11) is 0. The summed E-state index contributed by atoms with van der Waals surface area (Å²) in [6.45, 7) is 6.73. The van der Waals surface area contributed by atoms with Gasteiger partial charge in [0.15, 0.2) is 5.82 Å². The minimum absolute atomic E-state index is 0.0157. The molecule has 1 fully saturated rings. The molecule has 1 heterocycles. The third-order valence-electron chi connectivity index (χ3n) is 6.01. The van der Waals surface area contributed by atoms with E-state index in [1.807, 2.05) is 6.92 Å². The van der Waals surface area contributed by atoms with Gasteiger partial charge < -0.3 is 9.67 Å². The van der Waals surface area contributed by atoms with Gasteiger partial charge in [-0.1, -0.05) is 19.9 Å². The number of aromatic nitrogens is 2. The van der Waals surface area contributed by atoms with E-state index in [4.69, 9.17) is 0 Å². The summed E-state index contributed by atoms with van der Waals surface area (Å²) in [5, 5.41) is 12.8. The second-order valence-electron chi connectivity index (χ2n) is 9.58. The molecule has 1 aliphatic carbocycles. The van der Waals surface area contributed by atoms with Crippen LogP contribution in [-0.2, 0) is 15.9 Å². The zero-order chi connectivity index (χ0) is 22.7. The lowest BCUT2D eigenvalue weighted by atomic mass is 9.78. The Kier molecular flexibility index (Phi) is 5.21. The molecule has 0 atom stereocenters. The van der Waals surface area contributed by atoms with Gasteiger partial charge in [0.2, 0.25) is 11.9 Å². The summed E-state index contributed by atoms with van der Waals surface area (Å²) >= 11 is 0. The molecule has 1 saturated carbocycles. The summed E-state index contributed by atoms with van der Waals surface area (Å²) in [5.41, 5.74) is -3.71. The predicted molar refractivity (Wildman–Crippen MR) is 106 cm³/mol. The number of imidazole rings is 1. The van der Waals surface area contributed by atoms with Gasteiger partial charge in [-0.05, 0) is 46.1 Å². The molecule has 2 aromatic rings. The highest BCUT2D eigenvalue weighted by atomic mass is 19.4. The standard InChI is InChI=1S/C21H27F4N3O2/c1-18(2,21(23,24)25)11-14(29)27-17-26-13-8-7-12(19(3,4)30)15(22)16(13)28(17)20(5)9-6-10-20/h7-8,30H,6,9-11H2,1-5H3,(H,26,27,29). The lowest BCUT2D eigenvalue weighted by Crippen LogP contribution is -2.40. The summed E-state index contributed by atoms with van der Waals surface area (Å²) in [6.07, 6.45) is -3.01. The molecule has 0 bridgehead atoms. The molecule has 1 aromatic carbocycles. The molecule has 0 unspecified atom stereocenters. The van der Waals surface area contributed by atoms with Crippen molar-refractivity contribution < 1.29 is 27.5 Å². The number of carbonyl (C=O) groups excluding carboxylic acids is 1. The number of anilines is 1. The molecule has 0 spiro atoms. The Bertz CT molecular complexity index is 983. The molecule has 1 aromatic heterocycles.